The summed E-state index contributed by atoms with van der Waals surface area (Å²) in [5, 5.41) is 15.1. The third-order valence-electron chi connectivity index (χ3n) is 4.16. The molecule has 26 heavy (non-hydrogen) atoms. The molecule has 0 aromatic heterocycles. The predicted molar refractivity (Wildman–Crippen MR) is 111 cm³/mol. The lowest BCUT2D eigenvalue weighted by Crippen LogP contribution is -2.41. The molecular formula is C21H20NO2PS. The van der Waals surface area contributed by atoms with Crippen LogP contribution in [0, 0.1) is 0 Å². The first-order valence-electron chi connectivity index (χ1n) is 8.35. The smallest absolute Gasteiger partial charge is 0.321 e. The minimum atomic E-state index is -2.47. The van der Waals surface area contributed by atoms with Gasteiger partial charge in [-0.2, -0.15) is 0 Å². The fraction of sp³-hybridized carbons (Fsp3) is 0.0952. The van der Waals surface area contributed by atoms with Crippen molar-refractivity contribution in [2.75, 3.05) is 0 Å². The van der Waals surface area contributed by atoms with Crippen molar-refractivity contribution in [1.29, 1.82) is 0 Å². The number of carbonyl (C=O) groups is 1. The van der Waals surface area contributed by atoms with Crippen LogP contribution in [0.1, 0.15) is 5.56 Å². The molecule has 1 unspecified atom stereocenters. The molecule has 2 N–H and O–H groups in total. The minimum Gasteiger partial charge on any atom is -0.480 e. The maximum atomic E-state index is 12.0. The van der Waals surface area contributed by atoms with E-state index in [1.54, 1.807) is 0 Å². The van der Waals surface area contributed by atoms with Crippen LogP contribution in [0.15, 0.2) is 91.0 Å². The molecule has 0 spiro atoms. The van der Waals surface area contributed by atoms with E-state index in [0.29, 0.717) is 6.42 Å². The first-order chi connectivity index (χ1) is 12.6. The first-order valence-corrected chi connectivity index (χ1v) is 11.2. The lowest BCUT2D eigenvalue weighted by molar-refractivity contribution is -0.138. The molecule has 0 bridgehead atoms. The number of rotatable bonds is 7. The molecule has 0 aliphatic rings. The lowest BCUT2D eigenvalue weighted by Gasteiger charge is -2.28. The monoisotopic (exact) mass is 381 g/mol. The number of hydrogen-bond donors (Lipinski definition) is 2. The van der Waals surface area contributed by atoms with Crippen molar-refractivity contribution in [3.05, 3.63) is 96.6 Å². The Morgan fingerprint density at radius 3 is 1.69 bits per heavy atom. The van der Waals surface area contributed by atoms with E-state index in [1.165, 1.54) is 0 Å². The van der Waals surface area contributed by atoms with Crippen LogP contribution in [-0.2, 0) is 23.0 Å². The zero-order chi connectivity index (χ0) is 18.4. The minimum absolute atomic E-state index is 0.383. The van der Waals surface area contributed by atoms with Gasteiger partial charge in [0.25, 0.3) is 0 Å². The van der Waals surface area contributed by atoms with Crippen LogP contribution >= 0.6 is 6.19 Å². The second kappa shape index (κ2) is 8.41. The first kappa shape index (κ1) is 18.5. The number of aliphatic carboxylic acids is 1. The van der Waals surface area contributed by atoms with Gasteiger partial charge in [0, 0.05) is 10.6 Å². The molecule has 132 valence electrons. The van der Waals surface area contributed by atoms with Gasteiger partial charge < -0.3 is 5.11 Å². The number of carboxylic acid groups (broad SMARTS) is 1. The number of nitrogens with one attached hydrogen (secondary N) is 1. The van der Waals surface area contributed by atoms with Crippen molar-refractivity contribution in [2.45, 2.75) is 12.5 Å². The third kappa shape index (κ3) is 4.28. The van der Waals surface area contributed by atoms with Crippen molar-refractivity contribution in [1.82, 2.24) is 5.09 Å². The topological polar surface area (TPSA) is 49.3 Å². The molecule has 1 atom stereocenters. The van der Waals surface area contributed by atoms with Crippen molar-refractivity contribution >= 4 is 34.6 Å². The largest absolute Gasteiger partial charge is 0.480 e. The van der Waals surface area contributed by atoms with Gasteiger partial charge in [-0.1, -0.05) is 103 Å². The Labute approximate surface area is 158 Å². The molecule has 0 radical (unpaired) electrons. The fourth-order valence-electron chi connectivity index (χ4n) is 2.83. The maximum absolute atomic E-state index is 12.0. The summed E-state index contributed by atoms with van der Waals surface area (Å²) in [6.07, 6.45) is -2.09. The molecule has 0 saturated heterocycles. The standard InChI is InChI=1S/C21H20NO2PS/c23-21(24)20(16-17-10-4-1-5-11-17)22-25(26,18-12-6-2-7-13-18)19-14-8-3-9-15-19/h1-15,20H,16H2,(H,22,26)(H,23,24). The van der Waals surface area contributed by atoms with Crippen LogP contribution in [0.5, 0.6) is 0 Å². The number of benzene rings is 3. The van der Waals surface area contributed by atoms with Crippen LogP contribution < -0.4 is 15.7 Å². The molecule has 0 amide bonds. The Kier molecular flexibility index (Phi) is 6.00. The predicted octanol–water partition coefficient (Wildman–Crippen LogP) is 3.32. The quantitative estimate of drug-likeness (QED) is 0.617. The Morgan fingerprint density at radius 2 is 1.27 bits per heavy atom. The van der Waals surface area contributed by atoms with Gasteiger partial charge >= 0.3 is 5.97 Å². The average Bonchev–Trinajstić information content (AvgIpc) is 2.69. The molecule has 0 aliphatic carbocycles. The molecule has 3 nitrogen and oxygen atoms in total. The van der Waals surface area contributed by atoms with Crippen molar-refractivity contribution in [3.63, 3.8) is 0 Å². The van der Waals surface area contributed by atoms with Gasteiger partial charge in [-0.3, -0.25) is 9.88 Å². The number of hydrogen-bond acceptors (Lipinski definition) is 2. The summed E-state index contributed by atoms with van der Waals surface area (Å²) in [5.74, 6) is -0.894. The summed E-state index contributed by atoms with van der Waals surface area (Å²) in [6.45, 7) is 0. The van der Waals surface area contributed by atoms with Gasteiger partial charge in [0.2, 0.25) is 0 Å². The normalized spacial score (nSPS) is 12.5. The zero-order valence-corrected chi connectivity index (χ0v) is 15.9. The Balaban J connectivity index is 1.99. The summed E-state index contributed by atoms with van der Waals surface area (Å²) in [7, 11) is 0. The molecule has 0 heterocycles. The van der Waals surface area contributed by atoms with E-state index in [4.69, 9.17) is 11.8 Å². The molecule has 3 aromatic carbocycles. The highest BCUT2D eigenvalue weighted by atomic mass is 32.4. The highest BCUT2D eigenvalue weighted by molar-refractivity contribution is 8.20. The van der Waals surface area contributed by atoms with Gasteiger partial charge in [0.15, 0.2) is 0 Å². The summed E-state index contributed by atoms with van der Waals surface area (Å²) in [6, 6.07) is 28.4. The van der Waals surface area contributed by atoms with Gasteiger partial charge in [0.1, 0.15) is 6.04 Å². The van der Waals surface area contributed by atoms with Crippen LogP contribution in [0.2, 0.25) is 0 Å². The Hall–Kier alpha value is -2.26. The van der Waals surface area contributed by atoms with Gasteiger partial charge in [0.05, 0.1) is 6.19 Å². The molecule has 5 heteroatoms. The summed E-state index contributed by atoms with van der Waals surface area (Å²) in [5.41, 5.74) is 0.968. The van der Waals surface area contributed by atoms with E-state index in [-0.39, 0.29) is 0 Å². The van der Waals surface area contributed by atoms with E-state index in [9.17, 15) is 9.90 Å². The lowest BCUT2D eigenvalue weighted by atomic mass is 10.1. The van der Waals surface area contributed by atoms with E-state index >= 15 is 0 Å². The van der Waals surface area contributed by atoms with E-state index in [1.807, 2.05) is 91.0 Å². The molecule has 0 saturated carbocycles. The fourth-order valence-corrected chi connectivity index (χ4v) is 6.36. The highest BCUT2D eigenvalue weighted by Gasteiger charge is 2.29. The summed E-state index contributed by atoms with van der Waals surface area (Å²) < 4.78 is 0. The van der Waals surface area contributed by atoms with Gasteiger partial charge in [-0.25, -0.2) is 0 Å². The Morgan fingerprint density at radius 1 is 0.846 bits per heavy atom. The SMILES string of the molecule is O=C(O)C(Cc1ccccc1)NP(=S)(c1ccccc1)c1ccccc1. The third-order valence-corrected chi connectivity index (χ3v) is 8.47. The molecule has 0 fully saturated rings. The van der Waals surface area contributed by atoms with Crippen LogP contribution in [0.25, 0.3) is 0 Å². The highest BCUT2D eigenvalue weighted by Crippen LogP contribution is 2.40. The van der Waals surface area contributed by atoms with Crippen LogP contribution in [-0.4, -0.2) is 17.1 Å². The Bertz CT molecular complexity index is 858. The van der Waals surface area contributed by atoms with Gasteiger partial charge in [-0.05, 0) is 12.0 Å². The van der Waals surface area contributed by atoms with Crippen LogP contribution in [0.3, 0.4) is 0 Å². The van der Waals surface area contributed by atoms with Crippen molar-refractivity contribution in [3.8, 4) is 0 Å². The summed E-state index contributed by atoms with van der Waals surface area (Å²) >= 11 is 6.08. The summed E-state index contributed by atoms with van der Waals surface area (Å²) in [4.78, 5) is 12.0. The molecule has 0 aliphatic heterocycles. The second-order valence-corrected chi connectivity index (χ2v) is 10.1. The average molecular weight is 381 g/mol. The van der Waals surface area contributed by atoms with Crippen LogP contribution in [0.4, 0.5) is 0 Å². The maximum Gasteiger partial charge on any atom is 0.321 e. The van der Waals surface area contributed by atoms with E-state index < -0.39 is 18.2 Å². The van der Waals surface area contributed by atoms with E-state index in [0.717, 1.165) is 16.2 Å². The number of carboxylic acids is 1. The zero-order valence-electron chi connectivity index (χ0n) is 14.2. The second-order valence-electron chi connectivity index (χ2n) is 5.99. The van der Waals surface area contributed by atoms with Crippen molar-refractivity contribution < 1.29 is 9.90 Å². The van der Waals surface area contributed by atoms with E-state index in [2.05, 4.69) is 5.09 Å². The molecule has 3 aromatic rings. The molecular weight excluding hydrogens is 361 g/mol. The van der Waals surface area contributed by atoms with Gasteiger partial charge in [-0.15, -0.1) is 0 Å². The molecule has 3 rings (SSSR count). The van der Waals surface area contributed by atoms with Crippen molar-refractivity contribution in [2.24, 2.45) is 0 Å².